The highest BCUT2D eigenvalue weighted by atomic mass is 32.2. The number of Topliss-reactive ketones (excluding diaryl/α,β-unsaturated/α-hetero) is 1. The number of nitrogens with zero attached hydrogens (tertiary/aromatic N) is 3. The number of phenolic OH excluding ortho intramolecular Hbond substituents is 1. The average Bonchev–Trinajstić information content (AvgIpc) is 3.31. The number of aliphatic imine (C=N–C) groups is 1. The molecule has 0 unspecified atom stereocenters. The van der Waals surface area contributed by atoms with E-state index < -0.39 is 0 Å². The Morgan fingerprint density at radius 3 is 2.45 bits per heavy atom. The molecule has 3 aromatic carbocycles. The first-order valence-electron chi connectivity index (χ1n) is 10.2. The molecule has 164 valence electrons. The average molecular weight is 474 g/mol. The number of carbonyl (C=O) groups is 2. The Kier molecular flexibility index (Phi) is 5.47. The Hall–Kier alpha value is -3.49. The number of amidine groups is 1. The molecule has 1 saturated heterocycles. The van der Waals surface area contributed by atoms with Gasteiger partial charge in [0.1, 0.15) is 10.7 Å². The van der Waals surface area contributed by atoms with E-state index in [0.717, 1.165) is 15.6 Å². The molecule has 6 nitrogen and oxygen atoms in total. The molecule has 0 saturated carbocycles. The van der Waals surface area contributed by atoms with Gasteiger partial charge in [-0.15, -0.1) is 0 Å². The zero-order valence-electron chi connectivity index (χ0n) is 17.9. The van der Waals surface area contributed by atoms with Crippen molar-refractivity contribution in [1.29, 1.82) is 0 Å². The van der Waals surface area contributed by atoms with Crippen molar-refractivity contribution in [2.75, 3.05) is 16.8 Å². The molecule has 0 aromatic heterocycles. The summed E-state index contributed by atoms with van der Waals surface area (Å²) in [6.45, 7) is 1.51. The summed E-state index contributed by atoms with van der Waals surface area (Å²) >= 11 is 2.86. The molecule has 0 bridgehead atoms. The summed E-state index contributed by atoms with van der Waals surface area (Å²) in [5, 5.41) is 11.0. The lowest BCUT2D eigenvalue weighted by Gasteiger charge is -2.17. The second-order valence-electron chi connectivity index (χ2n) is 7.52. The molecule has 2 aliphatic rings. The van der Waals surface area contributed by atoms with E-state index in [0.29, 0.717) is 27.0 Å². The van der Waals surface area contributed by atoms with Gasteiger partial charge in [-0.1, -0.05) is 36.0 Å². The SMILES string of the molecule is CC(=O)c1cccc(N=C2SC(=C3Sc4ccccc4N3C)C(=O)N2c2ccc(O)cc2)c1. The van der Waals surface area contributed by atoms with Crippen LogP contribution in [0.4, 0.5) is 17.1 Å². The molecule has 2 heterocycles. The third-order valence-corrected chi connectivity index (χ3v) is 7.69. The summed E-state index contributed by atoms with van der Waals surface area (Å²) in [6.07, 6.45) is 0. The summed E-state index contributed by atoms with van der Waals surface area (Å²) in [5.41, 5.74) is 2.80. The highest BCUT2D eigenvalue weighted by Gasteiger charge is 2.40. The fraction of sp³-hybridized carbons (Fsp3) is 0.0800. The van der Waals surface area contributed by atoms with Crippen molar-refractivity contribution in [3.63, 3.8) is 0 Å². The maximum absolute atomic E-state index is 13.7. The van der Waals surface area contributed by atoms with Crippen LogP contribution >= 0.6 is 23.5 Å². The smallest absolute Gasteiger partial charge is 0.274 e. The molecular formula is C25H19N3O3S2. The number of thioether (sulfide) groups is 2. The largest absolute Gasteiger partial charge is 0.508 e. The molecular weight excluding hydrogens is 454 g/mol. The number of carbonyl (C=O) groups excluding carboxylic acids is 2. The lowest BCUT2D eigenvalue weighted by Crippen LogP contribution is -2.29. The number of ketones is 1. The Morgan fingerprint density at radius 2 is 1.73 bits per heavy atom. The second-order valence-corrected chi connectivity index (χ2v) is 9.53. The van der Waals surface area contributed by atoms with E-state index in [1.807, 2.05) is 36.2 Å². The summed E-state index contributed by atoms with van der Waals surface area (Å²) in [4.78, 5) is 35.4. The van der Waals surface area contributed by atoms with Crippen LogP contribution < -0.4 is 9.80 Å². The fourth-order valence-corrected chi connectivity index (χ4v) is 5.96. The predicted molar refractivity (Wildman–Crippen MR) is 134 cm³/mol. The summed E-state index contributed by atoms with van der Waals surface area (Å²) < 4.78 is 0. The number of rotatable bonds is 3. The van der Waals surface area contributed by atoms with Gasteiger partial charge in [0.25, 0.3) is 5.91 Å². The number of fused-ring (bicyclic) bond motifs is 1. The number of amides is 1. The monoisotopic (exact) mass is 473 g/mol. The quantitative estimate of drug-likeness (QED) is 0.384. The van der Waals surface area contributed by atoms with Gasteiger partial charge in [0.2, 0.25) is 0 Å². The first kappa shape index (κ1) is 21.4. The lowest BCUT2D eigenvalue weighted by atomic mass is 10.1. The maximum atomic E-state index is 13.7. The number of para-hydroxylation sites is 1. The van der Waals surface area contributed by atoms with Crippen LogP contribution in [0.25, 0.3) is 0 Å². The van der Waals surface area contributed by atoms with Crippen LogP contribution in [0.5, 0.6) is 5.75 Å². The summed E-state index contributed by atoms with van der Waals surface area (Å²) in [5.74, 6) is -0.118. The lowest BCUT2D eigenvalue weighted by molar-refractivity contribution is -0.113. The minimum atomic E-state index is -0.186. The van der Waals surface area contributed by atoms with Crippen LogP contribution in [0.2, 0.25) is 0 Å². The maximum Gasteiger partial charge on any atom is 0.274 e. The van der Waals surface area contributed by atoms with Gasteiger partial charge in [-0.2, -0.15) is 0 Å². The Bertz CT molecular complexity index is 1350. The topological polar surface area (TPSA) is 73.2 Å². The number of hydrogen-bond acceptors (Lipinski definition) is 7. The van der Waals surface area contributed by atoms with E-state index in [4.69, 9.17) is 4.99 Å². The van der Waals surface area contributed by atoms with E-state index in [-0.39, 0.29) is 17.4 Å². The highest BCUT2D eigenvalue weighted by molar-refractivity contribution is 8.20. The number of benzene rings is 3. The zero-order valence-corrected chi connectivity index (χ0v) is 19.5. The molecule has 3 aromatic rings. The first-order chi connectivity index (χ1) is 15.9. The summed E-state index contributed by atoms with van der Waals surface area (Å²) in [6, 6.07) is 21.5. The van der Waals surface area contributed by atoms with E-state index in [9.17, 15) is 14.7 Å². The number of aromatic hydroxyl groups is 1. The number of anilines is 2. The zero-order chi connectivity index (χ0) is 23.1. The molecule has 0 aliphatic carbocycles. The van der Waals surface area contributed by atoms with Crippen molar-refractivity contribution in [2.45, 2.75) is 11.8 Å². The van der Waals surface area contributed by atoms with Crippen LogP contribution in [0.1, 0.15) is 17.3 Å². The molecule has 5 rings (SSSR count). The molecule has 1 fully saturated rings. The molecule has 8 heteroatoms. The Morgan fingerprint density at radius 1 is 0.970 bits per heavy atom. The van der Waals surface area contributed by atoms with E-state index in [1.54, 1.807) is 65.2 Å². The standard InChI is InChI=1S/C25H19N3O3S2/c1-15(29)16-6-5-7-17(14-16)26-25-28(18-10-12-19(30)13-11-18)23(31)22(33-25)24-27(2)20-8-3-4-9-21(20)32-24/h3-14,30H,1-2H3. The van der Waals surface area contributed by atoms with E-state index in [1.165, 1.54) is 18.7 Å². The first-order valence-corrected chi connectivity index (χ1v) is 11.8. The third kappa shape index (κ3) is 3.92. The van der Waals surface area contributed by atoms with E-state index >= 15 is 0 Å². The van der Waals surface area contributed by atoms with Crippen LogP contribution in [-0.2, 0) is 4.79 Å². The minimum Gasteiger partial charge on any atom is -0.508 e. The molecule has 0 radical (unpaired) electrons. The molecule has 0 spiro atoms. The predicted octanol–water partition coefficient (Wildman–Crippen LogP) is 5.77. The minimum absolute atomic E-state index is 0.0489. The van der Waals surface area contributed by atoms with Crippen LogP contribution in [0, 0.1) is 0 Å². The van der Waals surface area contributed by atoms with Crippen molar-refractivity contribution in [1.82, 2.24) is 0 Å². The van der Waals surface area contributed by atoms with Crippen molar-refractivity contribution >= 4 is 57.4 Å². The van der Waals surface area contributed by atoms with Gasteiger partial charge in [-0.3, -0.25) is 14.5 Å². The van der Waals surface area contributed by atoms with Gasteiger partial charge in [0.05, 0.1) is 22.1 Å². The third-order valence-electron chi connectivity index (χ3n) is 5.30. The van der Waals surface area contributed by atoms with Crippen LogP contribution in [0.3, 0.4) is 0 Å². The van der Waals surface area contributed by atoms with Crippen LogP contribution in [0.15, 0.2) is 92.6 Å². The van der Waals surface area contributed by atoms with Gasteiger partial charge in [0.15, 0.2) is 11.0 Å². The number of hydrogen-bond donors (Lipinski definition) is 1. The normalized spacial score (nSPS) is 18.8. The van der Waals surface area contributed by atoms with Gasteiger partial charge in [-0.05, 0) is 67.2 Å². The van der Waals surface area contributed by atoms with Crippen molar-refractivity contribution in [2.24, 2.45) is 4.99 Å². The van der Waals surface area contributed by atoms with Gasteiger partial charge >= 0.3 is 0 Å². The molecule has 33 heavy (non-hydrogen) atoms. The fourth-order valence-electron chi connectivity index (χ4n) is 3.61. The van der Waals surface area contributed by atoms with E-state index in [2.05, 4.69) is 0 Å². The van der Waals surface area contributed by atoms with Crippen LogP contribution in [-0.4, -0.2) is 29.0 Å². The van der Waals surface area contributed by atoms with Crippen molar-refractivity contribution in [3.05, 3.63) is 88.3 Å². The number of phenols is 1. The molecule has 1 N–H and O–H groups in total. The Labute approximate surface area is 199 Å². The second kappa shape index (κ2) is 8.46. The highest BCUT2D eigenvalue weighted by Crippen LogP contribution is 2.50. The Balaban J connectivity index is 1.61. The van der Waals surface area contributed by atoms with Gasteiger partial charge in [-0.25, -0.2) is 4.99 Å². The van der Waals surface area contributed by atoms with Crippen molar-refractivity contribution < 1.29 is 14.7 Å². The van der Waals surface area contributed by atoms with Crippen molar-refractivity contribution in [3.8, 4) is 5.75 Å². The molecule has 2 aliphatic heterocycles. The molecule has 0 atom stereocenters. The van der Waals surface area contributed by atoms with Gasteiger partial charge in [0, 0.05) is 17.5 Å². The molecule has 1 amide bonds. The van der Waals surface area contributed by atoms with Gasteiger partial charge < -0.3 is 10.0 Å². The summed E-state index contributed by atoms with van der Waals surface area (Å²) in [7, 11) is 1.95.